The average Bonchev–Trinajstić information content (AvgIpc) is 2.67. The van der Waals surface area contributed by atoms with Crippen LogP contribution in [-0.2, 0) is 16.1 Å². The average molecular weight is 353 g/mol. The lowest BCUT2D eigenvalue weighted by Crippen LogP contribution is -2.12. The maximum Gasteiger partial charge on any atom is 0.309 e. The molecule has 2 N–H and O–H groups in total. The lowest BCUT2D eigenvalue weighted by Gasteiger charge is -2.10. The highest BCUT2D eigenvalue weighted by molar-refractivity contribution is 5.87. The van der Waals surface area contributed by atoms with E-state index in [9.17, 15) is 4.79 Å². The standard InChI is InChI=1S/C19H19N3O4/c1-24-15-8-4-5-9-16(15)25-11-10-18(23)26-12-17-21-14-7-3-2-6-13(14)19(20)22-17/h2-9H,10-12H2,1H3,(H2,20,21,22). The van der Waals surface area contributed by atoms with Crippen molar-refractivity contribution in [3.63, 3.8) is 0 Å². The van der Waals surface area contributed by atoms with Crippen molar-refractivity contribution in [3.05, 3.63) is 54.4 Å². The number of methoxy groups -OCH3 is 1. The van der Waals surface area contributed by atoms with Gasteiger partial charge in [-0.25, -0.2) is 9.97 Å². The molecule has 1 heterocycles. The number of aromatic nitrogens is 2. The highest BCUT2D eigenvalue weighted by atomic mass is 16.5. The Hall–Kier alpha value is -3.35. The van der Waals surface area contributed by atoms with Crippen LogP contribution in [0.25, 0.3) is 10.9 Å². The Morgan fingerprint density at radius 3 is 2.58 bits per heavy atom. The molecule has 7 nitrogen and oxygen atoms in total. The number of rotatable bonds is 7. The second-order valence-electron chi connectivity index (χ2n) is 5.45. The summed E-state index contributed by atoms with van der Waals surface area (Å²) >= 11 is 0. The molecule has 0 spiro atoms. The van der Waals surface area contributed by atoms with Crippen LogP contribution in [0.5, 0.6) is 11.5 Å². The number of ether oxygens (including phenoxy) is 3. The predicted octanol–water partition coefficient (Wildman–Crippen LogP) is 2.73. The Morgan fingerprint density at radius 1 is 1.04 bits per heavy atom. The molecule has 0 aliphatic rings. The molecule has 0 amide bonds. The molecule has 134 valence electrons. The summed E-state index contributed by atoms with van der Waals surface area (Å²) in [6.07, 6.45) is 0.0983. The van der Waals surface area contributed by atoms with Crippen LogP contribution in [0.1, 0.15) is 12.2 Å². The molecular weight excluding hydrogens is 334 g/mol. The third kappa shape index (κ3) is 4.18. The van der Waals surface area contributed by atoms with Gasteiger partial charge in [0.25, 0.3) is 0 Å². The number of fused-ring (bicyclic) bond motifs is 1. The first kappa shape index (κ1) is 17.5. The smallest absolute Gasteiger partial charge is 0.309 e. The summed E-state index contributed by atoms with van der Waals surface area (Å²) in [5.74, 6) is 1.51. The zero-order chi connectivity index (χ0) is 18.4. The Balaban J connectivity index is 1.51. The molecule has 0 fully saturated rings. The normalized spacial score (nSPS) is 10.5. The zero-order valence-electron chi connectivity index (χ0n) is 14.3. The van der Waals surface area contributed by atoms with Crippen LogP contribution in [0.2, 0.25) is 0 Å². The van der Waals surface area contributed by atoms with Crippen LogP contribution in [0.3, 0.4) is 0 Å². The number of nitrogens with two attached hydrogens (primary N) is 1. The first-order valence-corrected chi connectivity index (χ1v) is 8.10. The molecule has 2 aromatic carbocycles. The van der Waals surface area contributed by atoms with Gasteiger partial charge in [0, 0.05) is 5.39 Å². The Bertz CT molecular complexity index is 914. The maximum absolute atomic E-state index is 11.9. The van der Waals surface area contributed by atoms with E-state index in [-0.39, 0.29) is 19.6 Å². The first-order valence-electron chi connectivity index (χ1n) is 8.10. The van der Waals surface area contributed by atoms with Gasteiger partial charge in [-0.05, 0) is 24.3 Å². The van der Waals surface area contributed by atoms with Crippen molar-refractivity contribution in [2.45, 2.75) is 13.0 Å². The van der Waals surface area contributed by atoms with Gasteiger partial charge in [0.15, 0.2) is 23.9 Å². The van der Waals surface area contributed by atoms with Crippen molar-refractivity contribution in [1.29, 1.82) is 0 Å². The molecule has 0 bridgehead atoms. The third-order valence-corrected chi connectivity index (χ3v) is 3.67. The molecule has 0 aliphatic heterocycles. The Labute approximate surface area is 150 Å². The number of anilines is 1. The van der Waals surface area contributed by atoms with E-state index >= 15 is 0 Å². The number of carbonyl (C=O) groups excluding carboxylic acids is 1. The molecular formula is C19H19N3O4. The van der Waals surface area contributed by atoms with Gasteiger partial charge < -0.3 is 19.9 Å². The summed E-state index contributed by atoms with van der Waals surface area (Å²) < 4.78 is 15.9. The quantitative estimate of drug-likeness (QED) is 0.652. The number of hydrogen-bond acceptors (Lipinski definition) is 7. The summed E-state index contributed by atoms with van der Waals surface area (Å²) in [7, 11) is 1.56. The van der Waals surface area contributed by atoms with Crippen molar-refractivity contribution in [2.24, 2.45) is 0 Å². The Morgan fingerprint density at radius 2 is 1.77 bits per heavy atom. The lowest BCUT2D eigenvalue weighted by molar-refractivity contribution is -0.145. The van der Waals surface area contributed by atoms with E-state index in [1.165, 1.54) is 0 Å². The number of nitrogen functional groups attached to an aromatic ring is 1. The van der Waals surface area contributed by atoms with Crippen molar-refractivity contribution < 1.29 is 19.0 Å². The van der Waals surface area contributed by atoms with Crippen LogP contribution < -0.4 is 15.2 Å². The van der Waals surface area contributed by atoms with Crippen molar-refractivity contribution in [3.8, 4) is 11.5 Å². The lowest BCUT2D eigenvalue weighted by atomic mass is 10.2. The highest BCUT2D eigenvalue weighted by Crippen LogP contribution is 2.25. The van der Waals surface area contributed by atoms with E-state index in [4.69, 9.17) is 19.9 Å². The molecule has 3 aromatic rings. The molecule has 3 rings (SSSR count). The van der Waals surface area contributed by atoms with E-state index in [2.05, 4.69) is 9.97 Å². The SMILES string of the molecule is COc1ccccc1OCCC(=O)OCc1nc(N)c2ccccc2n1. The largest absolute Gasteiger partial charge is 0.493 e. The van der Waals surface area contributed by atoms with Crippen LogP contribution in [-0.4, -0.2) is 29.7 Å². The number of para-hydroxylation sites is 3. The molecule has 7 heteroatoms. The van der Waals surface area contributed by atoms with Gasteiger partial charge in [0.05, 0.1) is 25.7 Å². The van der Waals surface area contributed by atoms with E-state index < -0.39 is 5.97 Å². The van der Waals surface area contributed by atoms with Crippen LogP contribution in [0, 0.1) is 0 Å². The minimum absolute atomic E-state index is 0.0392. The molecule has 0 saturated carbocycles. The third-order valence-electron chi connectivity index (χ3n) is 3.67. The summed E-state index contributed by atoms with van der Waals surface area (Å²) in [4.78, 5) is 20.4. The van der Waals surface area contributed by atoms with Crippen molar-refractivity contribution in [2.75, 3.05) is 19.5 Å². The monoisotopic (exact) mass is 353 g/mol. The molecule has 0 aliphatic carbocycles. The topological polar surface area (TPSA) is 96.6 Å². The van der Waals surface area contributed by atoms with E-state index in [0.29, 0.717) is 28.7 Å². The molecule has 0 unspecified atom stereocenters. The van der Waals surface area contributed by atoms with Gasteiger partial charge in [0.1, 0.15) is 5.82 Å². The minimum Gasteiger partial charge on any atom is -0.493 e. The second-order valence-corrected chi connectivity index (χ2v) is 5.45. The number of hydrogen-bond donors (Lipinski definition) is 1. The number of esters is 1. The van der Waals surface area contributed by atoms with Gasteiger partial charge in [-0.1, -0.05) is 24.3 Å². The van der Waals surface area contributed by atoms with E-state index in [1.807, 2.05) is 36.4 Å². The van der Waals surface area contributed by atoms with E-state index in [0.717, 1.165) is 5.39 Å². The number of benzene rings is 2. The summed E-state index contributed by atoms with van der Waals surface area (Å²) in [5, 5.41) is 0.771. The fraction of sp³-hybridized carbons (Fsp3) is 0.211. The molecule has 0 atom stereocenters. The minimum atomic E-state index is -0.407. The first-order chi connectivity index (χ1) is 12.7. The van der Waals surface area contributed by atoms with Crippen LogP contribution >= 0.6 is 0 Å². The zero-order valence-corrected chi connectivity index (χ0v) is 14.3. The van der Waals surface area contributed by atoms with Gasteiger partial charge in [-0.3, -0.25) is 4.79 Å². The summed E-state index contributed by atoms with van der Waals surface area (Å²) in [6.45, 7) is 0.141. The molecule has 0 radical (unpaired) electrons. The van der Waals surface area contributed by atoms with E-state index in [1.54, 1.807) is 19.2 Å². The van der Waals surface area contributed by atoms with Gasteiger partial charge in [-0.15, -0.1) is 0 Å². The Kier molecular flexibility index (Phi) is 5.48. The fourth-order valence-electron chi connectivity index (χ4n) is 2.42. The van der Waals surface area contributed by atoms with Gasteiger partial charge in [-0.2, -0.15) is 0 Å². The predicted molar refractivity (Wildman–Crippen MR) is 96.9 cm³/mol. The summed E-state index contributed by atoms with van der Waals surface area (Å²) in [6, 6.07) is 14.6. The van der Waals surface area contributed by atoms with Crippen LogP contribution in [0.15, 0.2) is 48.5 Å². The van der Waals surface area contributed by atoms with Gasteiger partial charge in [0.2, 0.25) is 0 Å². The molecule has 26 heavy (non-hydrogen) atoms. The number of nitrogens with zero attached hydrogens (tertiary/aromatic N) is 2. The summed E-state index contributed by atoms with van der Waals surface area (Å²) in [5.41, 5.74) is 6.63. The fourth-order valence-corrected chi connectivity index (χ4v) is 2.42. The number of carbonyl (C=O) groups is 1. The molecule has 1 aromatic heterocycles. The van der Waals surface area contributed by atoms with Crippen LogP contribution in [0.4, 0.5) is 5.82 Å². The van der Waals surface area contributed by atoms with Crippen molar-refractivity contribution >= 4 is 22.7 Å². The van der Waals surface area contributed by atoms with Gasteiger partial charge >= 0.3 is 5.97 Å². The van der Waals surface area contributed by atoms with Crippen molar-refractivity contribution in [1.82, 2.24) is 9.97 Å². The second kappa shape index (κ2) is 8.15. The highest BCUT2D eigenvalue weighted by Gasteiger charge is 2.09. The maximum atomic E-state index is 11.9. The molecule has 0 saturated heterocycles.